The Bertz CT molecular complexity index is 901. The van der Waals surface area contributed by atoms with Gasteiger partial charge in [0.25, 0.3) is 0 Å². The minimum absolute atomic E-state index is 0. The van der Waals surface area contributed by atoms with Crippen molar-refractivity contribution < 1.29 is 4.74 Å². The van der Waals surface area contributed by atoms with Gasteiger partial charge in [0.2, 0.25) is 0 Å². The number of amidine groups is 1. The molecule has 0 atom stereocenters. The number of ether oxygens (including phenoxy) is 1. The zero-order valence-corrected chi connectivity index (χ0v) is 14.7. The fraction of sp³-hybridized carbons (Fsp3) is 0.167. The second kappa shape index (κ2) is 6.75. The zero-order chi connectivity index (χ0) is 15.8. The summed E-state index contributed by atoms with van der Waals surface area (Å²) in [7, 11) is 1.67. The molecule has 6 heteroatoms. The standard InChI is InChI=1S/C18H16ClN3O.ClH/c1-23-13-5-2-11(3-6-13)17-16(18-20-8-9-21-18)14-10-12(19)4-7-15(14)22-17;/h2-7,10,22H,8-9H2,1H3,(H,20,21);1H. The van der Waals surface area contributed by atoms with Crippen molar-refractivity contribution in [2.24, 2.45) is 4.99 Å². The minimum atomic E-state index is 0. The van der Waals surface area contributed by atoms with E-state index in [1.165, 1.54) is 0 Å². The number of aromatic amines is 1. The average molecular weight is 362 g/mol. The van der Waals surface area contributed by atoms with Crippen LogP contribution >= 0.6 is 24.0 Å². The van der Waals surface area contributed by atoms with Gasteiger partial charge in [-0.1, -0.05) is 11.6 Å². The molecule has 3 aromatic rings. The summed E-state index contributed by atoms with van der Waals surface area (Å²) in [5, 5.41) is 5.17. The molecule has 0 amide bonds. The molecular formula is C18H17Cl2N3O. The van der Waals surface area contributed by atoms with E-state index in [9.17, 15) is 0 Å². The highest BCUT2D eigenvalue weighted by Gasteiger charge is 2.20. The molecule has 4 rings (SSSR count). The monoisotopic (exact) mass is 361 g/mol. The van der Waals surface area contributed by atoms with Gasteiger partial charge >= 0.3 is 0 Å². The van der Waals surface area contributed by atoms with Crippen molar-refractivity contribution in [3.8, 4) is 17.0 Å². The van der Waals surface area contributed by atoms with Gasteiger partial charge in [0.1, 0.15) is 11.6 Å². The van der Waals surface area contributed by atoms with Crippen LogP contribution in [0.2, 0.25) is 5.02 Å². The van der Waals surface area contributed by atoms with Gasteiger partial charge in [-0.2, -0.15) is 0 Å². The number of rotatable bonds is 3. The Labute approximate surface area is 151 Å². The lowest BCUT2D eigenvalue weighted by atomic mass is 10.0. The van der Waals surface area contributed by atoms with E-state index in [0.717, 1.165) is 57.4 Å². The number of nitrogens with zero attached hydrogens (tertiary/aromatic N) is 1. The molecule has 2 heterocycles. The molecule has 2 aromatic carbocycles. The minimum Gasteiger partial charge on any atom is -0.497 e. The molecule has 0 unspecified atom stereocenters. The lowest BCUT2D eigenvalue weighted by Crippen LogP contribution is -2.19. The summed E-state index contributed by atoms with van der Waals surface area (Å²) < 4.78 is 5.25. The summed E-state index contributed by atoms with van der Waals surface area (Å²) in [5.41, 5.74) is 4.25. The van der Waals surface area contributed by atoms with Crippen LogP contribution in [0.15, 0.2) is 47.5 Å². The molecule has 124 valence electrons. The van der Waals surface area contributed by atoms with Gasteiger partial charge in [0, 0.05) is 28.0 Å². The van der Waals surface area contributed by atoms with Crippen LogP contribution in [-0.4, -0.2) is 31.0 Å². The second-order valence-corrected chi connectivity index (χ2v) is 5.89. The summed E-state index contributed by atoms with van der Waals surface area (Å²) in [6.07, 6.45) is 0. The quantitative estimate of drug-likeness (QED) is 0.731. The lowest BCUT2D eigenvalue weighted by molar-refractivity contribution is 0.415. The van der Waals surface area contributed by atoms with Crippen molar-refractivity contribution in [2.75, 3.05) is 20.2 Å². The predicted molar refractivity (Wildman–Crippen MR) is 102 cm³/mol. The van der Waals surface area contributed by atoms with Gasteiger partial charge < -0.3 is 15.0 Å². The first-order chi connectivity index (χ1) is 11.3. The molecule has 0 saturated heterocycles. The van der Waals surface area contributed by atoms with E-state index < -0.39 is 0 Å². The molecule has 1 aliphatic heterocycles. The highest BCUT2D eigenvalue weighted by Crippen LogP contribution is 2.33. The van der Waals surface area contributed by atoms with Crippen molar-refractivity contribution in [3.05, 3.63) is 53.1 Å². The Morgan fingerprint density at radius 1 is 1.12 bits per heavy atom. The fourth-order valence-corrected chi connectivity index (χ4v) is 3.12. The summed E-state index contributed by atoms with van der Waals surface area (Å²) in [6.45, 7) is 1.66. The molecule has 0 saturated carbocycles. The third kappa shape index (κ3) is 2.83. The number of aliphatic imine (C=N–C) groups is 1. The van der Waals surface area contributed by atoms with Crippen LogP contribution < -0.4 is 10.1 Å². The predicted octanol–water partition coefficient (Wildman–Crippen LogP) is 4.27. The molecule has 2 N–H and O–H groups in total. The molecule has 0 spiro atoms. The van der Waals surface area contributed by atoms with Crippen molar-refractivity contribution >= 4 is 40.7 Å². The lowest BCUT2D eigenvalue weighted by Gasteiger charge is -2.07. The zero-order valence-electron chi connectivity index (χ0n) is 13.1. The van der Waals surface area contributed by atoms with E-state index in [1.807, 2.05) is 42.5 Å². The highest BCUT2D eigenvalue weighted by molar-refractivity contribution is 6.31. The van der Waals surface area contributed by atoms with E-state index in [4.69, 9.17) is 16.3 Å². The first-order valence-electron chi connectivity index (χ1n) is 7.50. The van der Waals surface area contributed by atoms with Crippen LogP contribution in [0.25, 0.3) is 22.2 Å². The Balaban J connectivity index is 0.00000169. The van der Waals surface area contributed by atoms with Crippen LogP contribution in [0, 0.1) is 0 Å². The Morgan fingerprint density at radius 3 is 2.58 bits per heavy atom. The van der Waals surface area contributed by atoms with Crippen molar-refractivity contribution in [2.45, 2.75) is 0 Å². The Morgan fingerprint density at radius 2 is 1.92 bits per heavy atom. The first kappa shape index (κ1) is 16.7. The van der Waals surface area contributed by atoms with Crippen molar-refractivity contribution in [3.63, 3.8) is 0 Å². The second-order valence-electron chi connectivity index (χ2n) is 5.45. The van der Waals surface area contributed by atoms with Gasteiger partial charge in [0.05, 0.1) is 19.3 Å². The number of aromatic nitrogens is 1. The van der Waals surface area contributed by atoms with Crippen LogP contribution in [0.1, 0.15) is 5.56 Å². The maximum absolute atomic E-state index is 6.20. The summed E-state index contributed by atoms with van der Waals surface area (Å²) >= 11 is 6.20. The summed E-state index contributed by atoms with van der Waals surface area (Å²) in [6, 6.07) is 13.9. The Kier molecular flexibility index (Phi) is 4.69. The molecule has 1 aromatic heterocycles. The molecule has 0 bridgehead atoms. The van der Waals surface area contributed by atoms with E-state index in [-0.39, 0.29) is 12.4 Å². The van der Waals surface area contributed by atoms with Crippen LogP contribution in [0.4, 0.5) is 0 Å². The number of halogens is 2. The third-order valence-corrected chi connectivity index (χ3v) is 4.29. The molecule has 0 fully saturated rings. The molecule has 24 heavy (non-hydrogen) atoms. The molecule has 0 radical (unpaired) electrons. The maximum atomic E-state index is 6.20. The van der Waals surface area contributed by atoms with Crippen molar-refractivity contribution in [1.82, 2.24) is 10.3 Å². The topological polar surface area (TPSA) is 49.4 Å². The molecular weight excluding hydrogens is 345 g/mol. The molecule has 0 aliphatic carbocycles. The number of fused-ring (bicyclic) bond motifs is 1. The number of methoxy groups -OCH3 is 1. The normalized spacial score (nSPS) is 13.3. The molecule has 1 aliphatic rings. The number of benzene rings is 2. The number of hydrogen-bond acceptors (Lipinski definition) is 3. The van der Waals surface area contributed by atoms with Crippen LogP contribution in [-0.2, 0) is 0 Å². The number of hydrogen-bond donors (Lipinski definition) is 2. The van der Waals surface area contributed by atoms with Crippen LogP contribution in [0.5, 0.6) is 5.75 Å². The van der Waals surface area contributed by atoms with Gasteiger partial charge in [0.15, 0.2) is 0 Å². The molecule has 4 nitrogen and oxygen atoms in total. The first-order valence-corrected chi connectivity index (χ1v) is 7.88. The largest absolute Gasteiger partial charge is 0.497 e. The number of H-pyrrole nitrogens is 1. The van der Waals surface area contributed by atoms with Crippen LogP contribution in [0.3, 0.4) is 0 Å². The SMILES string of the molecule is COc1ccc(-c2[nH]c3ccc(Cl)cc3c2C2=NCCN2)cc1.Cl. The van der Waals surface area contributed by atoms with E-state index in [2.05, 4.69) is 15.3 Å². The Hall–Kier alpha value is -2.17. The van der Waals surface area contributed by atoms with E-state index in [1.54, 1.807) is 7.11 Å². The van der Waals surface area contributed by atoms with Gasteiger partial charge in [-0.3, -0.25) is 4.99 Å². The summed E-state index contributed by atoms with van der Waals surface area (Å²) in [5.74, 6) is 1.76. The average Bonchev–Trinajstić information content (AvgIpc) is 3.21. The highest BCUT2D eigenvalue weighted by atomic mass is 35.5. The maximum Gasteiger partial charge on any atom is 0.131 e. The van der Waals surface area contributed by atoms with Gasteiger partial charge in [-0.25, -0.2) is 0 Å². The summed E-state index contributed by atoms with van der Waals surface area (Å²) in [4.78, 5) is 8.10. The smallest absolute Gasteiger partial charge is 0.131 e. The van der Waals surface area contributed by atoms with Gasteiger partial charge in [-0.15, -0.1) is 12.4 Å². The fourth-order valence-electron chi connectivity index (χ4n) is 2.95. The number of nitrogens with one attached hydrogen (secondary N) is 2. The van der Waals surface area contributed by atoms with Crippen molar-refractivity contribution in [1.29, 1.82) is 0 Å². The van der Waals surface area contributed by atoms with E-state index >= 15 is 0 Å². The van der Waals surface area contributed by atoms with Gasteiger partial charge in [-0.05, 0) is 48.0 Å². The van der Waals surface area contributed by atoms with E-state index in [0.29, 0.717) is 0 Å². The third-order valence-electron chi connectivity index (χ3n) is 4.05.